The average molecular weight is 497 g/mol. The standard InChI is InChI=1S/C25H22F2N6O3.2H2/c1-2-9-35-15-33-14-17(12-28)22-21(5-8-30-24(22)33)36-23-19(26)10-18(11-20(23)27)32-25(34)31-13-16-3-6-29-7-4-16;;/h3-8,10-11,14H,2,9,13,15H2,1H3,(H2,31,32,34);2*1H. The van der Waals surface area contributed by atoms with Gasteiger partial charge < -0.3 is 24.7 Å². The van der Waals surface area contributed by atoms with Crippen molar-refractivity contribution in [2.75, 3.05) is 11.9 Å². The molecule has 0 aliphatic rings. The Bertz CT molecular complexity index is 1410. The zero-order chi connectivity index (χ0) is 25.5. The molecule has 0 saturated carbocycles. The smallest absolute Gasteiger partial charge is 0.319 e. The summed E-state index contributed by atoms with van der Waals surface area (Å²) in [6.45, 7) is 2.87. The van der Waals surface area contributed by atoms with Crippen molar-refractivity contribution < 1.29 is 25.9 Å². The molecule has 1 aromatic carbocycles. The van der Waals surface area contributed by atoms with Crippen LogP contribution in [0.5, 0.6) is 11.5 Å². The lowest BCUT2D eigenvalue weighted by Crippen LogP contribution is -2.28. The number of hydrogen-bond acceptors (Lipinski definition) is 6. The minimum Gasteiger partial charge on any atom is -0.450 e. The molecule has 0 spiro atoms. The van der Waals surface area contributed by atoms with Crippen LogP contribution < -0.4 is 15.4 Å². The normalized spacial score (nSPS) is 10.7. The van der Waals surface area contributed by atoms with Gasteiger partial charge in [-0.1, -0.05) is 6.92 Å². The van der Waals surface area contributed by atoms with E-state index in [9.17, 15) is 18.8 Å². The van der Waals surface area contributed by atoms with Crippen LogP contribution in [0, 0.1) is 23.0 Å². The summed E-state index contributed by atoms with van der Waals surface area (Å²) in [5.41, 5.74) is 1.32. The maximum absolute atomic E-state index is 14.8. The zero-order valence-corrected chi connectivity index (χ0v) is 19.3. The number of halogens is 2. The van der Waals surface area contributed by atoms with Gasteiger partial charge in [0.2, 0.25) is 0 Å². The molecule has 0 aliphatic carbocycles. The van der Waals surface area contributed by atoms with Gasteiger partial charge in [-0.25, -0.2) is 18.6 Å². The lowest BCUT2D eigenvalue weighted by Gasteiger charge is -2.12. The van der Waals surface area contributed by atoms with Crippen LogP contribution in [0.4, 0.5) is 19.3 Å². The van der Waals surface area contributed by atoms with Crippen LogP contribution >= 0.6 is 0 Å². The minimum atomic E-state index is -1.03. The van der Waals surface area contributed by atoms with Gasteiger partial charge in [0.25, 0.3) is 0 Å². The van der Waals surface area contributed by atoms with Gasteiger partial charge in [0.15, 0.2) is 17.4 Å². The molecule has 0 atom stereocenters. The Kier molecular flexibility index (Phi) is 7.67. The van der Waals surface area contributed by atoms with Crippen LogP contribution in [0.3, 0.4) is 0 Å². The first-order chi connectivity index (χ1) is 17.5. The molecule has 0 saturated heterocycles. The van der Waals surface area contributed by atoms with Crippen molar-refractivity contribution in [3.63, 3.8) is 0 Å². The summed E-state index contributed by atoms with van der Waals surface area (Å²) < 4.78 is 42.4. The molecule has 0 bridgehead atoms. The Labute approximate surface area is 208 Å². The van der Waals surface area contributed by atoms with Crippen LogP contribution in [0.25, 0.3) is 11.0 Å². The number of rotatable bonds is 9. The number of pyridine rings is 2. The van der Waals surface area contributed by atoms with Crippen LogP contribution in [0.2, 0.25) is 0 Å². The molecule has 4 rings (SSSR count). The van der Waals surface area contributed by atoms with E-state index in [1.807, 2.05) is 13.0 Å². The first-order valence-corrected chi connectivity index (χ1v) is 11.1. The van der Waals surface area contributed by atoms with Crippen molar-refractivity contribution in [1.82, 2.24) is 19.9 Å². The second-order valence-corrected chi connectivity index (χ2v) is 7.70. The largest absolute Gasteiger partial charge is 0.450 e. The van der Waals surface area contributed by atoms with Crippen LogP contribution in [-0.2, 0) is 18.0 Å². The SMILES string of the molecule is CCCOCn1cc(C#N)c2c(Oc3c(F)cc(NC(=O)NCc4ccncc4)cc3F)ccnc21.[HH].[HH]. The number of nitrogens with one attached hydrogen (secondary N) is 2. The fourth-order valence-corrected chi connectivity index (χ4v) is 3.46. The highest BCUT2D eigenvalue weighted by molar-refractivity contribution is 5.90. The summed E-state index contributed by atoms with van der Waals surface area (Å²) in [6.07, 6.45) is 6.95. The highest BCUT2D eigenvalue weighted by Gasteiger charge is 2.20. The number of aromatic nitrogens is 3. The van der Waals surface area contributed by atoms with Gasteiger partial charge in [0.05, 0.1) is 10.9 Å². The van der Waals surface area contributed by atoms with E-state index in [0.717, 1.165) is 24.1 Å². The van der Waals surface area contributed by atoms with E-state index in [1.54, 1.807) is 35.3 Å². The number of benzene rings is 1. The quantitative estimate of drug-likeness (QED) is 0.293. The van der Waals surface area contributed by atoms with Gasteiger partial charge in [0.1, 0.15) is 24.2 Å². The molecular formula is C25H26F2N6O3. The number of anilines is 1. The molecule has 11 heteroatoms. The topological polar surface area (TPSA) is 114 Å². The molecule has 3 aromatic heterocycles. The molecule has 0 radical (unpaired) electrons. The van der Waals surface area contributed by atoms with E-state index in [-0.39, 0.29) is 33.1 Å². The highest BCUT2D eigenvalue weighted by Crippen LogP contribution is 2.35. The van der Waals surface area contributed by atoms with Crippen molar-refractivity contribution in [3.05, 3.63) is 77.9 Å². The minimum absolute atomic E-state index is 0. The molecule has 3 heterocycles. The first kappa shape index (κ1) is 24.6. The van der Waals surface area contributed by atoms with Crippen molar-refractivity contribution in [2.24, 2.45) is 0 Å². The molecule has 2 amide bonds. The van der Waals surface area contributed by atoms with Crippen molar-refractivity contribution in [2.45, 2.75) is 26.6 Å². The predicted molar refractivity (Wildman–Crippen MR) is 131 cm³/mol. The maximum Gasteiger partial charge on any atom is 0.319 e. The Balaban J connectivity index is 0.00000253. The average Bonchev–Trinajstić information content (AvgIpc) is 3.24. The Morgan fingerprint density at radius 3 is 2.64 bits per heavy atom. The number of hydrogen-bond donors (Lipinski definition) is 2. The first-order valence-electron chi connectivity index (χ1n) is 11.1. The van der Waals surface area contributed by atoms with E-state index in [4.69, 9.17) is 9.47 Å². The number of carbonyl (C=O) groups excluding carboxylic acids is 1. The summed E-state index contributed by atoms with van der Waals surface area (Å²) in [6, 6.07) is 8.17. The lowest BCUT2D eigenvalue weighted by molar-refractivity contribution is 0.0800. The van der Waals surface area contributed by atoms with Gasteiger partial charge in [-0.15, -0.1) is 0 Å². The number of fused-ring (bicyclic) bond motifs is 1. The fraction of sp³-hybridized carbons (Fsp3) is 0.200. The monoisotopic (exact) mass is 496 g/mol. The van der Waals surface area contributed by atoms with Crippen molar-refractivity contribution in [3.8, 4) is 17.6 Å². The van der Waals surface area contributed by atoms with Gasteiger partial charge in [-0.2, -0.15) is 5.26 Å². The number of nitriles is 1. The lowest BCUT2D eigenvalue weighted by atomic mass is 10.2. The van der Waals surface area contributed by atoms with Crippen molar-refractivity contribution >= 4 is 22.8 Å². The fourth-order valence-electron chi connectivity index (χ4n) is 3.46. The van der Waals surface area contributed by atoms with Gasteiger partial charge in [0, 0.05) is 58.6 Å². The number of nitrogens with zero attached hydrogens (tertiary/aromatic N) is 4. The van der Waals surface area contributed by atoms with Crippen LogP contribution in [0.15, 0.2) is 55.1 Å². The number of carbonyl (C=O) groups is 1. The second-order valence-electron chi connectivity index (χ2n) is 7.70. The zero-order valence-electron chi connectivity index (χ0n) is 19.3. The molecule has 188 valence electrons. The molecule has 4 aromatic rings. The molecule has 36 heavy (non-hydrogen) atoms. The summed E-state index contributed by atoms with van der Waals surface area (Å²) in [5, 5.41) is 14.9. The third kappa shape index (κ3) is 5.56. The number of ether oxygens (including phenoxy) is 2. The number of amides is 2. The third-order valence-corrected chi connectivity index (χ3v) is 5.09. The summed E-state index contributed by atoms with van der Waals surface area (Å²) in [7, 11) is 0. The maximum atomic E-state index is 14.8. The molecule has 9 nitrogen and oxygen atoms in total. The molecule has 0 aliphatic heterocycles. The molecule has 0 fully saturated rings. The third-order valence-electron chi connectivity index (χ3n) is 5.09. The molecule has 2 N–H and O–H groups in total. The summed E-state index contributed by atoms with van der Waals surface area (Å²) >= 11 is 0. The number of urea groups is 1. The Morgan fingerprint density at radius 2 is 1.94 bits per heavy atom. The summed E-state index contributed by atoms with van der Waals surface area (Å²) in [5.74, 6) is -2.69. The van der Waals surface area contributed by atoms with E-state index in [1.165, 1.54) is 12.3 Å². The van der Waals surface area contributed by atoms with Gasteiger partial charge in [-0.05, 0) is 30.2 Å². The van der Waals surface area contributed by atoms with Crippen LogP contribution in [0.1, 0.15) is 27.3 Å². The van der Waals surface area contributed by atoms with E-state index in [0.29, 0.717) is 17.6 Å². The van der Waals surface area contributed by atoms with E-state index >= 15 is 0 Å². The van der Waals surface area contributed by atoms with Gasteiger partial charge >= 0.3 is 6.03 Å². The highest BCUT2D eigenvalue weighted by atomic mass is 19.1. The Morgan fingerprint density at radius 1 is 1.19 bits per heavy atom. The van der Waals surface area contributed by atoms with Crippen LogP contribution in [-0.4, -0.2) is 27.2 Å². The van der Waals surface area contributed by atoms with Gasteiger partial charge in [-0.3, -0.25) is 4.98 Å². The van der Waals surface area contributed by atoms with Crippen molar-refractivity contribution in [1.29, 1.82) is 5.26 Å². The molecular weight excluding hydrogens is 470 g/mol. The second kappa shape index (κ2) is 11.2. The predicted octanol–water partition coefficient (Wildman–Crippen LogP) is 5.57. The van der Waals surface area contributed by atoms with E-state index in [2.05, 4.69) is 20.6 Å². The Hall–Kier alpha value is -4.56. The van der Waals surface area contributed by atoms with E-state index < -0.39 is 23.4 Å². The summed E-state index contributed by atoms with van der Waals surface area (Å²) in [4.78, 5) is 20.3. The molecule has 0 unspecified atom stereocenters.